The number of carbonyl (C=O) groups excluding carboxylic acids is 3. The number of nitrogens with zero attached hydrogens (tertiary/aromatic N) is 2. The molecule has 2 atom stereocenters. The molecular weight excluding hydrogens is 484 g/mol. The second kappa shape index (κ2) is 10.1. The molecule has 2 aliphatic heterocycles. The van der Waals surface area contributed by atoms with Crippen LogP contribution in [0.5, 0.6) is 0 Å². The summed E-state index contributed by atoms with van der Waals surface area (Å²) in [6.07, 6.45) is 3.56. The van der Waals surface area contributed by atoms with Crippen LogP contribution in [0.2, 0.25) is 5.02 Å². The number of pyridine rings is 1. The van der Waals surface area contributed by atoms with Gasteiger partial charge < -0.3 is 20.1 Å². The lowest BCUT2D eigenvalue weighted by atomic mass is 9.92. The van der Waals surface area contributed by atoms with Crippen LogP contribution in [-0.2, 0) is 25.7 Å². The lowest BCUT2D eigenvalue weighted by molar-refractivity contribution is -0.152. The molecule has 4 rings (SSSR count). The molecule has 3 heterocycles. The first-order chi connectivity index (χ1) is 16.7. The van der Waals surface area contributed by atoms with Crippen LogP contribution in [0.4, 0.5) is 14.5 Å². The van der Waals surface area contributed by atoms with E-state index in [1.807, 2.05) is 0 Å². The fourth-order valence-electron chi connectivity index (χ4n) is 4.50. The van der Waals surface area contributed by atoms with Crippen LogP contribution >= 0.6 is 11.6 Å². The van der Waals surface area contributed by atoms with E-state index in [1.165, 1.54) is 42.5 Å². The van der Waals surface area contributed by atoms with Crippen LogP contribution in [0.3, 0.4) is 0 Å². The highest BCUT2D eigenvalue weighted by molar-refractivity contribution is 6.31. The van der Waals surface area contributed by atoms with Crippen LogP contribution in [0.15, 0.2) is 30.5 Å². The number of ether oxygens (including phenoxy) is 2. The second-order valence-corrected chi connectivity index (χ2v) is 8.68. The van der Waals surface area contributed by atoms with Gasteiger partial charge in [0, 0.05) is 36.7 Å². The van der Waals surface area contributed by atoms with Gasteiger partial charge in [-0.15, -0.1) is 0 Å². The van der Waals surface area contributed by atoms with Crippen LogP contribution in [0.25, 0.3) is 5.57 Å². The number of methoxy groups -OCH3 is 1. The number of amides is 1. The SMILES string of the molecule is COCc1nccc(C(=O)COC(=O)[C@@H]2CCC3CC(c4c(N)ccc(Cl)c4F)=CC(=O)N32)c1F. The summed E-state index contributed by atoms with van der Waals surface area (Å²) in [7, 11) is 1.37. The molecule has 0 bridgehead atoms. The van der Waals surface area contributed by atoms with Crippen molar-refractivity contribution < 1.29 is 32.6 Å². The summed E-state index contributed by atoms with van der Waals surface area (Å²) < 4.78 is 39.1. The van der Waals surface area contributed by atoms with Gasteiger partial charge in [-0.2, -0.15) is 0 Å². The van der Waals surface area contributed by atoms with Crippen molar-refractivity contribution in [1.82, 2.24) is 9.88 Å². The van der Waals surface area contributed by atoms with Gasteiger partial charge in [0.15, 0.2) is 18.2 Å². The first-order valence-electron chi connectivity index (χ1n) is 10.8. The number of rotatable bonds is 7. The summed E-state index contributed by atoms with van der Waals surface area (Å²) in [5.74, 6) is -3.56. The number of aromatic nitrogens is 1. The Morgan fingerprint density at radius 1 is 1.23 bits per heavy atom. The molecule has 0 aliphatic carbocycles. The molecule has 1 aromatic carbocycles. The van der Waals surface area contributed by atoms with Crippen LogP contribution < -0.4 is 5.73 Å². The van der Waals surface area contributed by atoms with Gasteiger partial charge in [-0.25, -0.2) is 13.6 Å². The number of ketones is 1. The first kappa shape index (κ1) is 24.7. The topological polar surface area (TPSA) is 112 Å². The van der Waals surface area contributed by atoms with Gasteiger partial charge in [0.25, 0.3) is 0 Å². The van der Waals surface area contributed by atoms with Gasteiger partial charge in [0.2, 0.25) is 11.7 Å². The van der Waals surface area contributed by atoms with Crippen molar-refractivity contribution in [3.63, 3.8) is 0 Å². The minimum Gasteiger partial charge on any atom is -0.456 e. The van der Waals surface area contributed by atoms with Crippen molar-refractivity contribution >= 4 is 40.5 Å². The monoisotopic (exact) mass is 505 g/mol. The summed E-state index contributed by atoms with van der Waals surface area (Å²) >= 11 is 5.88. The second-order valence-electron chi connectivity index (χ2n) is 8.27. The van der Waals surface area contributed by atoms with Crippen LogP contribution in [0, 0.1) is 11.6 Å². The van der Waals surface area contributed by atoms with Gasteiger partial charge in [-0.05, 0) is 43.0 Å². The van der Waals surface area contributed by atoms with Crippen molar-refractivity contribution in [3.05, 3.63) is 63.9 Å². The molecular formula is C24H22ClF2N3O5. The Bertz CT molecular complexity index is 1240. The zero-order valence-electron chi connectivity index (χ0n) is 18.7. The van der Waals surface area contributed by atoms with E-state index in [0.717, 1.165) is 0 Å². The Morgan fingerprint density at radius 2 is 2.00 bits per heavy atom. The van der Waals surface area contributed by atoms with Crippen molar-refractivity contribution in [3.8, 4) is 0 Å². The van der Waals surface area contributed by atoms with E-state index in [1.54, 1.807) is 0 Å². The highest BCUT2D eigenvalue weighted by Crippen LogP contribution is 2.39. The van der Waals surface area contributed by atoms with E-state index in [-0.39, 0.29) is 46.6 Å². The first-order valence-corrected chi connectivity index (χ1v) is 11.2. The number of nitrogens with two attached hydrogens (primary N) is 1. The summed E-state index contributed by atoms with van der Waals surface area (Å²) in [6.45, 7) is -0.811. The molecule has 0 radical (unpaired) electrons. The minimum atomic E-state index is -0.911. The van der Waals surface area contributed by atoms with Crippen molar-refractivity contribution in [2.75, 3.05) is 19.5 Å². The predicted octanol–water partition coefficient (Wildman–Crippen LogP) is 3.31. The number of anilines is 1. The zero-order chi connectivity index (χ0) is 25.3. The standard InChI is InChI=1S/C24H22ClF2N3O5/c1-34-10-17-22(26)14(6-7-29-17)19(31)11-35-24(33)18-5-2-13-8-12(9-20(32)30(13)18)21-16(28)4-3-15(25)23(21)27/h3-4,6-7,9,13,18H,2,5,8,10-11,28H2,1H3/t13?,18-/m0/s1. The van der Waals surface area contributed by atoms with E-state index in [0.29, 0.717) is 18.4 Å². The average Bonchev–Trinajstić information content (AvgIpc) is 3.26. The van der Waals surface area contributed by atoms with Crippen molar-refractivity contribution in [1.29, 1.82) is 0 Å². The van der Waals surface area contributed by atoms with E-state index < -0.39 is 41.9 Å². The average molecular weight is 506 g/mol. The van der Waals surface area contributed by atoms with Gasteiger partial charge in [0.05, 0.1) is 17.2 Å². The molecule has 35 heavy (non-hydrogen) atoms. The quantitative estimate of drug-likeness (QED) is 0.349. The Hall–Kier alpha value is -3.37. The molecule has 2 N–H and O–H groups in total. The maximum absolute atomic E-state index is 14.6. The van der Waals surface area contributed by atoms with Crippen molar-refractivity contribution in [2.24, 2.45) is 0 Å². The largest absolute Gasteiger partial charge is 0.456 e. The third-order valence-electron chi connectivity index (χ3n) is 6.12. The number of benzene rings is 1. The molecule has 0 saturated carbocycles. The molecule has 2 aromatic rings. The molecule has 184 valence electrons. The number of carbonyl (C=O) groups is 3. The molecule has 0 spiro atoms. The number of hydrogen-bond acceptors (Lipinski definition) is 7. The highest BCUT2D eigenvalue weighted by atomic mass is 35.5. The zero-order valence-corrected chi connectivity index (χ0v) is 19.5. The lowest BCUT2D eigenvalue weighted by Crippen LogP contribution is -2.47. The lowest BCUT2D eigenvalue weighted by Gasteiger charge is -2.33. The smallest absolute Gasteiger partial charge is 0.329 e. The Kier molecular flexibility index (Phi) is 7.13. The number of fused-ring (bicyclic) bond motifs is 1. The number of esters is 1. The molecule has 1 fully saturated rings. The maximum Gasteiger partial charge on any atom is 0.329 e. The molecule has 8 nitrogen and oxygen atoms in total. The summed E-state index contributed by atoms with van der Waals surface area (Å²) in [5, 5.41) is -0.109. The predicted molar refractivity (Wildman–Crippen MR) is 122 cm³/mol. The third-order valence-corrected chi connectivity index (χ3v) is 6.41. The summed E-state index contributed by atoms with van der Waals surface area (Å²) in [6, 6.07) is 2.71. The van der Waals surface area contributed by atoms with E-state index >= 15 is 0 Å². The number of nitrogen functional groups attached to an aromatic ring is 1. The Labute approximate surface area is 204 Å². The Balaban J connectivity index is 1.46. The third kappa shape index (κ3) is 4.76. The molecule has 1 unspecified atom stereocenters. The Morgan fingerprint density at radius 3 is 2.74 bits per heavy atom. The normalized spacial score (nSPS) is 19.4. The fourth-order valence-corrected chi connectivity index (χ4v) is 4.66. The van der Waals surface area contributed by atoms with Gasteiger partial charge in [0.1, 0.15) is 11.7 Å². The van der Waals surface area contributed by atoms with E-state index in [9.17, 15) is 23.2 Å². The molecule has 2 aliphatic rings. The number of halogens is 3. The van der Waals surface area contributed by atoms with E-state index in [2.05, 4.69) is 4.98 Å². The number of hydrogen-bond donors (Lipinski definition) is 1. The van der Waals surface area contributed by atoms with Gasteiger partial charge >= 0.3 is 5.97 Å². The fraction of sp³-hybridized carbons (Fsp3) is 0.333. The highest BCUT2D eigenvalue weighted by Gasteiger charge is 2.44. The summed E-state index contributed by atoms with van der Waals surface area (Å²) in [4.78, 5) is 43.3. The van der Waals surface area contributed by atoms with Gasteiger partial charge in [-0.1, -0.05) is 11.6 Å². The molecule has 11 heteroatoms. The molecule has 1 amide bonds. The molecule has 1 saturated heterocycles. The van der Waals surface area contributed by atoms with Crippen molar-refractivity contribution in [2.45, 2.75) is 38.0 Å². The number of Topliss-reactive ketones (excluding diaryl/α,β-unsaturated/α-hetero) is 1. The van der Waals surface area contributed by atoms with Gasteiger partial charge in [-0.3, -0.25) is 14.6 Å². The molecule has 1 aromatic heterocycles. The van der Waals surface area contributed by atoms with E-state index in [4.69, 9.17) is 26.8 Å². The van der Waals surface area contributed by atoms with Crippen LogP contribution in [-0.4, -0.2) is 53.3 Å². The minimum absolute atomic E-state index is 0.0402. The summed E-state index contributed by atoms with van der Waals surface area (Å²) in [5.41, 5.74) is 6.25. The van der Waals surface area contributed by atoms with Crippen LogP contribution in [0.1, 0.15) is 40.9 Å². The maximum atomic E-state index is 14.6.